The fraction of sp³-hybridized carbons (Fsp3) is 0.556. The van der Waals surface area contributed by atoms with E-state index in [1.165, 1.54) is 6.42 Å². The molecule has 1 aromatic heterocycles. The maximum absolute atomic E-state index is 12.8. The second kappa shape index (κ2) is 7.99. The third kappa shape index (κ3) is 4.81. The average molecular weight is 355 g/mol. The van der Waals surface area contributed by atoms with Gasteiger partial charge in [0.25, 0.3) is 0 Å². The van der Waals surface area contributed by atoms with Crippen molar-refractivity contribution in [1.29, 1.82) is 0 Å². The molecule has 4 nitrogen and oxygen atoms in total. The lowest BCUT2D eigenvalue weighted by atomic mass is 10.0. The van der Waals surface area contributed by atoms with E-state index in [1.54, 1.807) is 17.1 Å². The SMILES string of the molecule is CCC.NC1C=CC(C(=O)N2CCc3ncc(C(F)(F)F)cc3C2)C1. The molecule has 2 atom stereocenters. The molecule has 2 unspecified atom stereocenters. The smallest absolute Gasteiger partial charge is 0.337 e. The maximum Gasteiger partial charge on any atom is 0.417 e. The van der Waals surface area contributed by atoms with Crippen LogP contribution in [0.3, 0.4) is 0 Å². The highest BCUT2D eigenvalue weighted by molar-refractivity contribution is 5.81. The second-order valence-corrected chi connectivity index (χ2v) is 6.44. The largest absolute Gasteiger partial charge is 0.417 e. The van der Waals surface area contributed by atoms with Gasteiger partial charge in [0.1, 0.15) is 0 Å². The molecule has 3 rings (SSSR count). The van der Waals surface area contributed by atoms with Gasteiger partial charge in [0.05, 0.1) is 11.5 Å². The van der Waals surface area contributed by atoms with Gasteiger partial charge in [-0.25, -0.2) is 0 Å². The Hall–Kier alpha value is -1.89. The molecule has 0 radical (unpaired) electrons. The molecule has 0 aromatic carbocycles. The van der Waals surface area contributed by atoms with Crippen LogP contribution < -0.4 is 5.73 Å². The Kier molecular flexibility index (Phi) is 6.21. The molecule has 1 aliphatic carbocycles. The van der Waals surface area contributed by atoms with E-state index in [0.29, 0.717) is 30.6 Å². The molecule has 2 heterocycles. The minimum absolute atomic E-state index is 0.0766. The Morgan fingerprint density at radius 2 is 2.04 bits per heavy atom. The summed E-state index contributed by atoms with van der Waals surface area (Å²) in [7, 11) is 0. The van der Waals surface area contributed by atoms with Gasteiger partial charge in [-0.15, -0.1) is 0 Å². The fourth-order valence-corrected chi connectivity index (χ4v) is 2.91. The van der Waals surface area contributed by atoms with Crippen LogP contribution in [0.25, 0.3) is 0 Å². The Morgan fingerprint density at radius 3 is 2.60 bits per heavy atom. The Morgan fingerprint density at radius 1 is 1.36 bits per heavy atom. The summed E-state index contributed by atoms with van der Waals surface area (Å²) in [6.07, 6.45) is 2.30. The number of rotatable bonds is 1. The van der Waals surface area contributed by atoms with Crippen molar-refractivity contribution < 1.29 is 18.0 Å². The molecule has 0 fully saturated rings. The number of amides is 1. The van der Waals surface area contributed by atoms with Gasteiger partial charge in [0, 0.05) is 37.4 Å². The van der Waals surface area contributed by atoms with E-state index in [-0.39, 0.29) is 24.4 Å². The highest BCUT2D eigenvalue weighted by Gasteiger charge is 2.34. The molecule has 1 aromatic rings. The first kappa shape index (κ1) is 19.4. The van der Waals surface area contributed by atoms with E-state index < -0.39 is 11.7 Å². The number of carbonyl (C=O) groups excluding carboxylic acids is 1. The van der Waals surface area contributed by atoms with Crippen LogP contribution in [0, 0.1) is 5.92 Å². The van der Waals surface area contributed by atoms with E-state index >= 15 is 0 Å². The summed E-state index contributed by atoms with van der Waals surface area (Å²) in [6.45, 7) is 4.90. The summed E-state index contributed by atoms with van der Waals surface area (Å²) in [5.41, 5.74) is 6.08. The number of hydrogen-bond donors (Lipinski definition) is 1. The van der Waals surface area contributed by atoms with Crippen LogP contribution in [0.4, 0.5) is 13.2 Å². The van der Waals surface area contributed by atoms with E-state index in [0.717, 1.165) is 12.3 Å². The number of pyridine rings is 1. The number of nitrogens with zero attached hydrogens (tertiary/aromatic N) is 2. The van der Waals surface area contributed by atoms with Crippen molar-refractivity contribution in [2.24, 2.45) is 11.7 Å². The van der Waals surface area contributed by atoms with Gasteiger partial charge in [0.15, 0.2) is 0 Å². The lowest BCUT2D eigenvalue weighted by Gasteiger charge is -2.30. The molecular formula is C18H24F3N3O. The van der Waals surface area contributed by atoms with Crippen molar-refractivity contribution in [1.82, 2.24) is 9.88 Å². The van der Waals surface area contributed by atoms with Crippen molar-refractivity contribution in [3.8, 4) is 0 Å². The number of halogens is 3. The molecule has 7 heteroatoms. The van der Waals surface area contributed by atoms with Crippen LogP contribution in [0.5, 0.6) is 0 Å². The molecule has 0 saturated heterocycles. The molecular weight excluding hydrogens is 331 g/mol. The van der Waals surface area contributed by atoms with Gasteiger partial charge in [-0.05, 0) is 18.1 Å². The zero-order valence-corrected chi connectivity index (χ0v) is 14.5. The van der Waals surface area contributed by atoms with E-state index in [9.17, 15) is 18.0 Å². The number of fused-ring (bicyclic) bond motifs is 1. The maximum atomic E-state index is 12.8. The standard InChI is InChI=1S/C15H16F3N3O.C3H8/c16-15(17,18)11-5-10-8-21(4-3-13(10)20-7-11)14(22)9-1-2-12(19)6-9;1-3-2/h1-2,5,7,9,12H,3-4,6,8,19H2;3H2,1-2H3. The summed E-state index contributed by atoms with van der Waals surface area (Å²) in [5, 5.41) is 0. The first-order valence-corrected chi connectivity index (χ1v) is 8.53. The molecule has 2 aliphatic rings. The van der Waals surface area contributed by atoms with Crippen molar-refractivity contribution in [2.45, 2.75) is 51.9 Å². The first-order chi connectivity index (χ1) is 11.8. The zero-order valence-electron chi connectivity index (χ0n) is 14.5. The van der Waals surface area contributed by atoms with Gasteiger partial charge in [-0.3, -0.25) is 9.78 Å². The van der Waals surface area contributed by atoms with Gasteiger partial charge in [-0.1, -0.05) is 32.4 Å². The number of alkyl halides is 3. The summed E-state index contributed by atoms with van der Waals surface area (Å²) in [4.78, 5) is 17.9. The minimum atomic E-state index is -4.42. The molecule has 0 saturated carbocycles. The lowest BCUT2D eigenvalue weighted by Crippen LogP contribution is -2.40. The summed E-state index contributed by atoms with van der Waals surface area (Å²) in [5.74, 6) is -0.345. The van der Waals surface area contributed by atoms with Gasteiger partial charge in [0.2, 0.25) is 5.91 Å². The third-order valence-electron chi connectivity index (χ3n) is 4.11. The minimum Gasteiger partial charge on any atom is -0.337 e. The van der Waals surface area contributed by atoms with Crippen molar-refractivity contribution in [3.63, 3.8) is 0 Å². The second-order valence-electron chi connectivity index (χ2n) is 6.44. The summed E-state index contributed by atoms with van der Waals surface area (Å²) in [6, 6.07) is 0.974. The van der Waals surface area contributed by atoms with Crippen molar-refractivity contribution in [3.05, 3.63) is 41.2 Å². The van der Waals surface area contributed by atoms with Gasteiger partial charge >= 0.3 is 6.18 Å². The fourth-order valence-electron chi connectivity index (χ4n) is 2.91. The average Bonchev–Trinajstić information content (AvgIpc) is 2.99. The Balaban J connectivity index is 0.000000701. The molecule has 0 bridgehead atoms. The van der Waals surface area contributed by atoms with Crippen LogP contribution in [0.2, 0.25) is 0 Å². The number of carbonyl (C=O) groups is 1. The molecule has 1 aliphatic heterocycles. The van der Waals surface area contributed by atoms with Gasteiger partial charge in [-0.2, -0.15) is 13.2 Å². The highest BCUT2D eigenvalue weighted by Crippen LogP contribution is 2.31. The molecule has 0 spiro atoms. The van der Waals surface area contributed by atoms with Crippen molar-refractivity contribution >= 4 is 5.91 Å². The first-order valence-electron chi connectivity index (χ1n) is 8.53. The molecule has 2 N–H and O–H groups in total. The van der Waals surface area contributed by atoms with E-state index in [4.69, 9.17) is 5.73 Å². The molecule has 138 valence electrons. The highest BCUT2D eigenvalue weighted by atomic mass is 19.4. The third-order valence-corrected chi connectivity index (χ3v) is 4.11. The van der Waals surface area contributed by atoms with Crippen LogP contribution >= 0.6 is 0 Å². The summed E-state index contributed by atoms with van der Waals surface area (Å²) >= 11 is 0. The summed E-state index contributed by atoms with van der Waals surface area (Å²) < 4.78 is 38.3. The predicted molar refractivity (Wildman–Crippen MR) is 89.5 cm³/mol. The lowest BCUT2D eigenvalue weighted by molar-refractivity contribution is -0.137. The van der Waals surface area contributed by atoms with Crippen LogP contribution in [-0.2, 0) is 23.9 Å². The normalized spacial score (nSPS) is 22.2. The number of nitrogens with two attached hydrogens (primary N) is 1. The number of hydrogen-bond acceptors (Lipinski definition) is 3. The zero-order chi connectivity index (χ0) is 18.6. The van der Waals surface area contributed by atoms with Crippen molar-refractivity contribution in [2.75, 3.05) is 6.54 Å². The Labute approximate surface area is 145 Å². The van der Waals surface area contributed by atoms with E-state index in [2.05, 4.69) is 18.8 Å². The van der Waals surface area contributed by atoms with Gasteiger partial charge < -0.3 is 10.6 Å². The number of aromatic nitrogens is 1. The van der Waals surface area contributed by atoms with Crippen LogP contribution in [0.15, 0.2) is 24.4 Å². The predicted octanol–water partition coefficient (Wildman–Crippen LogP) is 3.30. The molecule has 25 heavy (non-hydrogen) atoms. The van der Waals surface area contributed by atoms with Crippen LogP contribution in [0.1, 0.15) is 43.5 Å². The monoisotopic (exact) mass is 355 g/mol. The molecule has 1 amide bonds. The Bertz CT molecular complexity index is 643. The topological polar surface area (TPSA) is 59.2 Å². The van der Waals surface area contributed by atoms with E-state index in [1.807, 2.05) is 0 Å². The van der Waals surface area contributed by atoms with Crippen LogP contribution in [-0.4, -0.2) is 28.4 Å². The quantitative estimate of drug-likeness (QED) is 0.787.